The van der Waals surface area contributed by atoms with Crippen molar-refractivity contribution in [3.8, 4) is 0 Å². The van der Waals surface area contributed by atoms with E-state index < -0.39 is 0 Å². The van der Waals surface area contributed by atoms with E-state index in [1.165, 1.54) is 16.5 Å². The molecule has 1 aromatic carbocycles. The first-order valence-electron chi connectivity index (χ1n) is 9.41. The third-order valence-corrected chi connectivity index (χ3v) is 6.67. The Kier molecular flexibility index (Phi) is 4.86. The minimum Gasteiger partial charge on any atom is -0.362 e. The lowest BCUT2D eigenvalue weighted by Crippen LogP contribution is -2.49. The van der Waals surface area contributed by atoms with Crippen molar-refractivity contribution >= 4 is 28.6 Å². The number of rotatable bonds is 3. The van der Waals surface area contributed by atoms with Crippen LogP contribution in [-0.2, 0) is 12.8 Å². The molecule has 2 heterocycles. The SMILES string of the molecule is CC1CCc2c(C(=O)N3CCN(c4ccccc4[N+](=O)[O-])CC3)csc2C1. The summed E-state index contributed by atoms with van der Waals surface area (Å²) in [6.45, 7) is 4.67. The molecule has 1 atom stereocenters. The average molecular weight is 385 g/mol. The van der Waals surface area contributed by atoms with E-state index in [-0.39, 0.29) is 16.5 Å². The summed E-state index contributed by atoms with van der Waals surface area (Å²) in [4.78, 5) is 29.2. The van der Waals surface area contributed by atoms with Gasteiger partial charge in [-0.2, -0.15) is 0 Å². The Balaban J connectivity index is 1.46. The molecule has 7 heteroatoms. The number of para-hydroxylation sites is 2. The van der Waals surface area contributed by atoms with Gasteiger partial charge in [0.25, 0.3) is 11.6 Å². The van der Waals surface area contributed by atoms with Gasteiger partial charge in [-0.3, -0.25) is 14.9 Å². The first kappa shape index (κ1) is 18.0. The van der Waals surface area contributed by atoms with Gasteiger partial charge in [0.15, 0.2) is 0 Å². The second-order valence-corrected chi connectivity index (χ2v) is 8.39. The number of thiophene rings is 1. The van der Waals surface area contributed by atoms with Gasteiger partial charge in [0, 0.05) is 42.5 Å². The minimum atomic E-state index is -0.342. The van der Waals surface area contributed by atoms with Gasteiger partial charge in [-0.25, -0.2) is 0 Å². The van der Waals surface area contributed by atoms with Crippen LogP contribution in [0.15, 0.2) is 29.6 Å². The Bertz CT molecular complexity index is 871. The van der Waals surface area contributed by atoms with Crippen LogP contribution in [0.5, 0.6) is 0 Å². The molecule has 2 aromatic rings. The number of nitrogens with zero attached hydrogens (tertiary/aromatic N) is 3. The largest absolute Gasteiger partial charge is 0.362 e. The fourth-order valence-corrected chi connectivity index (χ4v) is 5.30. The number of anilines is 1. The number of carbonyl (C=O) groups is 1. The van der Waals surface area contributed by atoms with Crippen molar-refractivity contribution in [2.45, 2.75) is 26.2 Å². The van der Waals surface area contributed by atoms with Crippen LogP contribution in [0, 0.1) is 16.0 Å². The van der Waals surface area contributed by atoms with Gasteiger partial charge in [-0.05, 0) is 36.8 Å². The Hall–Kier alpha value is -2.41. The first-order chi connectivity index (χ1) is 13.0. The van der Waals surface area contributed by atoms with Crippen LogP contribution in [0.25, 0.3) is 0 Å². The quantitative estimate of drug-likeness (QED) is 0.596. The molecule has 1 saturated heterocycles. The minimum absolute atomic E-state index is 0.115. The molecule has 1 fully saturated rings. The highest BCUT2D eigenvalue weighted by Crippen LogP contribution is 2.34. The Morgan fingerprint density at radius 2 is 1.96 bits per heavy atom. The molecular weight excluding hydrogens is 362 g/mol. The van der Waals surface area contributed by atoms with Gasteiger partial charge in [0.1, 0.15) is 5.69 Å². The Morgan fingerprint density at radius 3 is 2.70 bits per heavy atom. The molecule has 0 bridgehead atoms. The second kappa shape index (κ2) is 7.31. The molecule has 1 aliphatic heterocycles. The summed E-state index contributed by atoms with van der Waals surface area (Å²) in [5.41, 5.74) is 2.89. The van der Waals surface area contributed by atoms with Crippen LogP contribution in [0.3, 0.4) is 0 Å². The molecule has 0 saturated carbocycles. The number of carbonyl (C=O) groups excluding carboxylic acids is 1. The van der Waals surface area contributed by atoms with Gasteiger partial charge in [-0.15, -0.1) is 11.3 Å². The number of nitro benzene ring substituents is 1. The van der Waals surface area contributed by atoms with Crippen molar-refractivity contribution < 1.29 is 9.72 Å². The molecule has 0 spiro atoms. The van der Waals surface area contributed by atoms with E-state index in [1.54, 1.807) is 23.5 Å². The van der Waals surface area contributed by atoms with Crippen molar-refractivity contribution in [1.82, 2.24) is 4.90 Å². The molecule has 0 radical (unpaired) electrons. The average Bonchev–Trinajstić information content (AvgIpc) is 3.10. The lowest BCUT2D eigenvalue weighted by molar-refractivity contribution is -0.384. The maximum absolute atomic E-state index is 13.0. The standard InChI is InChI=1S/C20H23N3O3S/c1-14-6-7-15-16(13-27-19(15)12-14)20(24)22-10-8-21(9-11-22)17-4-2-3-5-18(17)23(25)26/h2-5,13-14H,6-12H2,1H3. The van der Waals surface area contributed by atoms with Crippen molar-refractivity contribution in [3.05, 3.63) is 55.8 Å². The first-order valence-corrected chi connectivity index (χ1v) is 10.3. The smallest absolute Gasteiger partial charge is 0.292 e. The molecule has 6 nitrogen and oxygen atoms in total. The van der Waals surface area contributed by atoms with E-state index in [0.29, 0.717) is 37.8 Å². The number of benzene rings is 1. The summed E-state index contributed by atoms with van der Waals surface area (Å²) < 4.78 is 0. The van der Waals surface area contributed by atoms with E-state index in [4.69, 9.17) is 0 Å². The summed E-state index contributed by atoms with van der Waals surface area (Å²) in [7, 11) is 0. The van der Waals surface area contributed by atoms with Crippen molar-refractivity contribution in [1.29, 1.82) is 0 Å². The van der Waals surface area contributed by atoms with Gasteiger partial charge in [0.05, 0.1) is 10.5 Å². The highest BCUT2D eigenvalue weighted by molar-refractivity contribution is 7.10. The zero-order chi connectivity index (χ0) is 19.0. The number of piperazine rings is 1. The van der Waals surface area contributed by atoms with E-state index in [9.17, 15) is 14.9 Å². The van der Waals surface area contributed by atoms with E-state index >= 15 is 0 Å². The maximum atomic E-state index is 13.0. The molecule has 27 heavy (non-hydrogen) atoms. The Morgan fingerprint density at radius 1 is 1.22 bits per heavy atom. The molecule has 0 N–H and O–H groups in total. The zero-order valence-corrected chi connectivity index (χ0v) is 16.2. The number of fused-ring (bicyclic) bond motifs is 1. The van der Waals surface area contributed by atoms with E-state index in [1.807, 2.05) is 21.2 Å². The second-order valence-electron chi connectivity index (χ2n) is 7.42. The van der Waals surface area contributed by atoms with Crippen molar-refractivity contribution in [2.24, 2.45) is 5.92 Å². The van der Waals surface area contributed by atoms with Crippen molar-refractivity contribution in [3.63, 3.8) is 0 Å². The third kappa shape index (κ3) is 3.43. The molecule has 142 valence electrons. The third-order valence-electron chi connectivity index (χ3n) is 5.62. The highest BCUT2D eigenvalue weighted by atomic mass is 32.1. The van der Waals surface area contributed by atoms with Crippen LogP contribution in [0.2, 0.25) is 0 Å². The summed E-state index contributed by atoms with van der Waals surface area (Å²) in [6, 6.07) is 6.82. The molecular formula is C20H23N3O3S. The fraction of sp³-hybridized carbons (Fsp3) is 0.450. The number of hydrogen-bond acceptors (Lipinski definition) is 5. The predicted molar refractivity (Wildman–Crippen MR) is 107 cm³/mol. The lowest BCUT2D eigenvalue weighted by atomic mass is 9.88. The van der Waals surface area contributed by atoms with Gasteiger partial charge >= 0.3 is 0 Å². The van der Waals surface area contributed by atoms with Crippen LogP contribution in [-0.4, -0.2) is 41.9 Å². The number of nitro groups is 1. The molecule has 1 unspecified atom stereocenters. The summed E-state index contributed by atoms with van der Waals surface area (Å²) >= 11 is 1.72. The van der Waals surface area contributed by atoms with Gasteiger partial charge < -0.3 is 9.80 Å². The van der Waals surface area contributed by atoms with Crippen LogP contribution >= 0.6 is 11.3 Å². The predicted octanol–water partition coefficient (Wildman–Crippen LogP) is 3.74. The molecule has 1 aromatic heterocycles. The van der Waals surface area contributed by atoms with Crippen LogP contribution in [0.1, 0.15) is 34.1 Å². The maximum Gasteiger partial charge on any atom is 0.292 e. The normalized spacial score (nSPS) is 19.7. The molecule has 1 amide bonds. The van der Waals surface area contributed by atoms with E-state index in [2.05, 4.69) is 6.92 Å². The van der Waals surface area contributed by atoms with Gasteiger partial charge in [-0.1, -0.05) is 19.1 Å². The van der Waals surface area contributed by atoms with Crippen LogP contribution in [0.4, 0.5) is 11.4 Å². The summed E-state index contributed by atoms with van der Waals surface area (Å²) in [5, 5.41) is 13.3. The van der Waals surface area contributed by atoms with Gasteiger partial charge in [0.2, 0.25) is 0 Å². The molecule has 2 aliphatic rings. The van der Waals surface area contributed by atoms with Crippen molar-refractivity contribution in [2.75, 3.05) is 31.1 Å². The van der Waals surface area contributed by atoms with E-state index in [0.717, 1.165) is 24.8 Å². The number of hydrogen-bond donors (Lipinski definition) is 0. The van der Waals surface area contributed by atoms with Crippen LogP contribution < -0.4 is 4.90 Å². The fourth-order valence-electron chi connectivity index (χ4n) is 4.06. The zero-order valence-electron chi connectivity index (χ0n) is 15.4. The summed E-state index contributed by atoms with van der Waals surface area (Å²) in [5.74, 6) is 0.813. The number of amides is 1. The summed E-state index contributed by atoms with van der Waals surface area (Å²) in [6.07, 6.45) is 3.23. The topological polar surface area (TPSA) is 66.7 Å². The molecule has 1 aliphatic carbocycles. The molecule has 4 rings (SSSR count). The monoisotopic (exact) mass is 385 g/mol. The Labute approximate surface area is 162 Å². The highest BCUT2D eigenvalue weighted by Gasteiger charge is 2.29. The lowest BCUT2D eigenvalue weighted by Gasteiger charge is -2.36.